The first kappa shape index (κ1) is 12.0. The predicted octanol–water partition coefficient (Wildman–Crippen LogP) is 3.89. The van der Waals surface area contributed by atoms with Crippen molar-refractivity contribution in [2.45, 2.75) is 13.5 Å². The molecule has 1 N–H and O–H groups in total. The molecule has 0 bridgehead atoms. The van der Waals surface area contributed by atoms with Crippen molar-refractivity contribution >= 4 is 23.0 Å². The molecule has 0 radical (unpaired) electrons. The lowest BCUT2D eigenvalue weighted by atomic mass is 10.1. The highest BCUT2D eigenvalue weighted by Gasteiger charge is 2.10. The minimum absolute atomic E-state index is 0.170. The molecular formula is C15H14N2OS. The van der Waals surface area contributed by atoms with Crippen LogP contribution in [-0.2, 0) is 6.54 Å². The van der Waals surface area contributed by atoms with E-state index in [-0.39, 0.29) is 5.88 Å². The fourth-order valence-corrected chi connectivity index (χ4v) is 2.71. The summed E-state index contributed by atoms with van der Waals surface area (Å²) in [5.74, 6) is 0.170. The van der Waals surface area contributed by atoms with Gasteiger partial charge in [0.05, 0.1) is 11.9 Å². The van der Waals surface area contributed by atoms with Gasteiger partial charge in [0.1, 0.15) is 0 Å². The smallest absolute Gasteiger partial charge is 0.214 e. The zero-order valence-corrected chi connectivity index (χ0v) is 11.4. The zero-order valence-electron chi connectivity index (χ0n) is 10.6. The highest BCUT2D eigenvalue weighted by Crippen LogP contribution is 2.26. The van der Waals surface area contributed by atoms with Gasteiger partial charge >= 0.3 is 0 Å². The van der Waals surface area contributed by atoms with Crippen LogP contribution in [0, 0.1) is 4.77 Å². The molecule has 0 unspecified atom stereocenters. The SMILES string of the molecule is CCn1cc(O)n(-c2cccc3ccccc23)c1=S. The average Bonchev–Trinajstić information content (AvgIpc) is 2.73. The zero-order chi connectivity index (χ0) is 13.4. The quantitative estimate of drug-likeness (QED) is 0.716. The van der Waals surface area contributed by atoms with E-state index in [2.05, 4.69) is 12.1 Å². The topological polar surface area (TPSA) is 30.1 Å². The fraction of sp³-hybridized carbons (Fsp3) is 0.133. The Morgan fingerprint density at radius 2 is 1.84 bits per heavy atom. The van der Waals surface area contributed by atoms with E-state index in [0.29, 0.717) is 4.77 Å². The van der Waals surface area contributed by atoms with Crippen molar-refractivity contribution in [3.63, 3.8) is 0 Å². The van der Waals surface area contributed by atoms with Gasteiger partial charge in [0.2, 0.25) is 5.88 Å². The third-order valence-electron chi connectivity index (χ3n) is 3.29. The summed E-state index contributed by atoms with van der Waals surface area (Å²) >= 11 is 5.42. The van der Waals surface area contributed by atoms with Crippen molar-refractivity contribution in [2.75, 3.05) is 0 Å². The van der Waals surface area contributed by atoms with Crippen molar-refractivity contribution in [3.8, 4) is 11.6 Å². The molecule has 2 aromatic carbocycles. The Morgan fingerprint density at radius 1 is 1.11 bits per heavy atom. The maximum Gasteiger partial charge on any atom is 0.214 e. The highest BCUT2D eigenvalue weighted by atomic mass is 32.1. The van der Waals surface area contributed by atoms with E-state index in [1.54, 1.807) is 10.8 Å². The molecule has 0 aliphatic rings. The number of hydrogen-bond donors (Lipinski definition) is 1. The lowest BCUT2D eigenvalue weighted by Gasteiger charge is -2.08. The van der Waals surface area contributed by atoms with Crippen LogP contribution >= 0.6 is 12.2 Å². The number of rotatable bonds is 2. The van der Waals surface area contributed by atoms with Crippen molar-refractivity contribution in [1.82, 2.24) is 9.13 Å². The Balaban J connectivity index is 2.37. The molecule has 0 amide bonds. The third kappa shape index (κ3) is 1.85. The van der Waals surface area contributed by atoms with Crippen LogP contribution in [0.1, 0.15) is 6.92 Å². The van der Waals surface area contributed by atoms with Gasteiger partial charge in [0.15, 0.2) is 4.77 Å². The van der Waals surface area contributed by atoms with Gasteiger partial charge in [-0.05, 0) is 30.6 Å². The molecule has 3 aromatic rings. The molecule has 3 nitrogen and oxygen atoms in total. The van der Waals surface area contributed by atoms with Crippen LogP contribution in [0.2, 0.25) is 0 Å². The Hall–Kier alpha value is -2.07. The van der Waals surface area contributed by atoms with Gasteiger partial charge in [-0.25, -0.2) is 0 Å². The summed E-state index contributed by atoms with van der Waals surface area (Å²) in [7, 11) is 0. The molecule has 1 aromatic heterocycles. The Morgan fingerprint density at radius 3 is 2.58 bits per heavy atom. The number of fused-ring (bicyclic) bond motifs is 1. The predicted molar refractivity (Wildman–Crippen MR) is 79.4 cm³/mol. The van der Waals surface area contributed by atoms with E-state index in [4.69, 9.17) is 12.2 Å². The molecule has 0 aliphatic carbocycles. The van der Waals surface area contributed by atoms with E-state index in [9.17, 15) is 5.11 Å². The van der Waals surface area contributed by atoms with Gasteiger partial charge in [0.25, 0.3) is 0 Å². The van der Waals surface area contributed by atoms with Crippen LogP contribution in [0.4, 0.5) is 0 Å². The molecule has 19 heavy (non-hydrogen) atoms. The number of aromatic hydroxyl groups is 1. The summed E-state index contributed by atoms with van der Waals surface area (Å²) in [4.78, 5) is 0. The van der Waals surface area contributed by atoms with Gasteiger partial charge in [-0.1, -0.05) is 36.4 Å². The number of hydrogen-bond acceptors (Lipinski definition) is 2. The molecule has 1 heterocycles. The van der Waals surface area contributed by atoms with Gasteiger partial charge in [0, 0.05) is 11.9 Å². The van der Waals surface area contributed by atoms with E-state index in [1.165, 1.54) is 0 Å². The van der Waals surface area contributed by atoms with E-state index < -0.39 is 0 Å². The molecule has 0 saturated carbocycles. The van der Waals surface area contributed by atoms with Gasteiger partial charge in [-0.15, -0.1) is 0 Å². The van der Waals surface area contributed by atoms with E-state index in [0.717, 1.165) is 23.0 Å². The maximum absolute atomic E-state index is 10.1. The van der Waals surface area contributed by atoms with Gasteiger partial charge in [-0.3, -0.25) is 4.57 Å². The summed E-state index contributed by atoms with van der Waals surface area (Å²) < 4.78 is 4.17. The largest absolute Gasteiger partial charge is 0.493 e. The van der Waals surface area contributed by atoms with Crippen LogP contribution in [0.25, 0.3) is 16.5 Å². The minimum atomic E-state index is 0.170. The molecule has 0 spiro atoms. The second-order valence-corrected chi connectivity index (χ2v) is 4.75. The first-order chi connectivity index (χ1) is 9.22. The number of aromatic nitrogens is 2. The molecule has 0 aliphatic heterocycles. The van der Waals surface area contributed by atoms with Crippen LogP contribution in [0.3, 0.4) is 0 Å². The standard InChI is InChI=1S/C15H14N2OS/c1-2-16-10-14(18)17(15(16)19)13-9-5-7-11-6-3-4-8-12(11)13/h3-10,18H,2H2,1H3. The summed E-state index contributed by atoms with van der Waals surface area (Å²) in [5, 5.41) is 12.3. The molecular weight excluding hydrogens is 256 g/mol. The Labute approximate surface area is 116 Å². The second kappa shape index (κ2) is 4.55. The van der Waals surface area contributed by atoms with Crippen LogP contribution in [-0.4, -0.2) is 14.2 Å². The first-order valence-corrected chi connectivity index (χ1v) is 6.62. The van der Waals surface area contributed by atoms with Gasteiger partial charge < -0.3 is 9.67 Å². The number of imidazole rings is 1. The van der Waals surface area contributed by atoms with Crippen molar-refractivity contribution < 1.29 is 5.11 Å². The Kier molecular flexibility index (Phi) is 2.87. The lowest BCUT2D eigenvalue weighted by molar-refractivity contribution is 0.442. The summed E-state index contributed by atoms with van der Waals surface area (Å²) in [6, 6.07) is 14.1. The second-order valence-electron chi connectivity index (χ2n) is 4.39. The summed E-state index contributed by atoms with van der Waals surface area (Å²) in [6.45, 7) is 2.74. The number of nitrogens with zero attached hydrogens (tertiary/aromatic N) is 2. The minimum Gasteiger partial charge on any atom is -0.493 e. The van der Waals surface area contributed by atoms with Crippen molar-refractivity contribution in [2.24, 2.45) is 0 Å². The summed E-state index contributed by atoms with van der Waals surface area (Å²) in [6.07, 6.45) is 1.67. The molecule has 0 saturated heterocycles. The molecule has 0 atom stereocenters. The first-order valence-electron chi connectivity index (χ1n) is 6.21. The summed E-state index contributed by atoms with van der Waals surface area (Å²) in [5.41, 5.74) is 0.910. The third-order valence-corrected chi connectivity index (χ3v) is 3.70. The monoisotopic (exact) mass is 270 g/mol. The van der Waals surface area contributed by atoms with Gasteiger partial charge in [-0.2, -0.15) is 0 Å². The van der Waals surface area contributed by atoms with E-state index in [1.807, 2.05) is 41.8 Å². The molecule has 0 fully saturated rings. The average molecular weight is 270 g/mol. The van der Waals surface area contributed by atoms with Crippen LogP contribution in [0.5, 0.6) is 5.88 Å². The van der Waals surface area contributed by atoms with Crippen LogP contribution in [0.15, 0.2) is 48.7 Å². The molecule has 3 rings (SSSR count). The van der Waals surface area contributed by atoms with Crippen molar-refractivity contribution in [3.05, 3.63) is 53.4 Å². The highest BCUT2D eigenvalue weighted by molar-refractivity contribution is 7.71. The molecule has 4 heteroatoms. The maximum atomic E-state index is 10.1. The number of aryl methyl sites for hydroxylation is 1. The normalized spacial score (nSPS) is 11.0. The fourth-order valence-electron chi connectivity index (χ4n) is 2.34. The lowest BCUT2D eigenvalue weighted by Crippen LogP contribution is -1.98. The molecule has 96 valence electrons. The Bertz CT molecular complexity index is 796. The van der Waals surface area contributed by atoms with E-state index >= 15 is 0 Å². The number of benzene rings is 2. The van der Waals surface area contributed by atoms with Crippen molar-refractivity contribution in [1.29, 1.82) is 0 Å². The van der Waals surface area contributed by atoms with Crippen LogP contribution < -0.4 is 0 Å².